The highest BCUT2D eigenvalue weighted by Gasteiger charge is 2.51. The van der Waals surface area contributed by atoms with Crippen molar-refractivity contribution in [1.29, 1.82) is 0 Å². The van der Waals surface area contributed by atoms with Crippen molar-refractivity contribution >= 4 is 18.5 Å². The molecule has 1 aromatic rings. The van der Waals surface area contributed by atoms with E-state index in [1.165, 1.54) is 0 Å². The quantitative estimate of drug-likeness (QED) is 0.790. The van der Waals surface area contributed by atoms with Crippen molar-refractivity contribution in [3.8, 4) is 0 Å². The van der Waals surface area contributed by atoms with Gasteiger partial charge in [0.2, 0.25) is 5.95 Å². The molecule has 1 fully saturated rings. The number of rotatable bonds is 6. The van der Waals surface area contributed by atoms with E-state index >= 15 is 0 Å². The van der Waals surface area contributed by atoms with Gasteiger partial charge in [-0.15, -0.1) is 0 Å². The van der Waals surface area contributed by atoms with Gasteiger partial charge in [-0.2, -0.15) is 0 Å². The van der Waals surface area contributed by atoms with Crippen molar-refractivity contribution < 1.29 is 14.4 Å². The fourth-order valence-electron chi connectivity index (χ4n) is 2.30. The van der Waals surface area contributed by atoms with Gasteiger partial charge in [0.15, 0.2) is 0 Å². The largest absolute Gasteiger partial charge is 0.498 e. The zero-order valence-corrected chi connectivity index (χ0v) is 14.2. The van der Waals surface area contributed by atoms with E-state index in [2.05, 4.69) is 16.9 Å². The molecule has 1 aliphatic rings. The highest BCUT2D eigenvalue weighted by molar-refractivity contribution is 6.61. The van der Waals surface area contributed by atoms with E-state index in [9.17, 15) is 0 Å². The predicted octanol–water partition coefficient (Wildman–Crippen LogP) is 0.984. The highest BCUT2D eigenvalue weighted by atomic mass is 16.7. The maximum Gasteiger partial charge on any atom is 0.498 e. The van der Waals surface area contributed by atoms with Crippen molar-refractivity contribution in [1.82, 2.24) is 9.97 Å². The minimum Gasteiger partial charge on any atom is -0.399 e. The van der Waals surface area contributed by atoms with Crippen LogP contribution in [0, 0.1) is 0 Å². The highest BCUT2D eigenvalue weighted by Crippen LogP contribution is 2.36. The minimum atomic E-state index is -0.448. The second-order valence-corrected chi connectivity index (χ2v) is 6.62. The Labute approximate surface area is 133 Å². The lowest BCUT2D eigenvalue weighted by atomic mass is 9.81. The van der Waals surface area contributed by atoms with Gasteiger partial charge < -0.3 is 19.3 Å². The summed E-state index contributed by atoms with van der Waals surface area (Å²) >= 11 is 0. The van der Waals surface area contributed by atoms with Crippen LogP contribution < -0.4 is 10.4 Å². The zero-order valence-electron chi connectivity index (χ0n) is 14.2. The first-order valence-corrected chi connectivity index (χ1v) is 7.84. The Morgan fingerprint density at radius 1 is 1.09 bits per heavy atom. The molecule has 122 valence electrons. The average Bonchev–Trinajstić information content (AvgIpc) is 2.67. The molecule has 22 heavy (non-hydrogen) atoms. The van der Waals surface area contributed by atoms with E-state index in [1.54, 1.807) is 12.4 Å². The molecule has 6 nitrogen and oxygen atoms in total. The molecule has 0 unspecified atom stereocenters. The molecule has 7 heteroatoms. The van der Waals surface area contributed by atoms with Gasteiger partial charge in [0.05, 0.1) is 17.8 Å². The van der Waals surface area contributed by atoms with Crippen LogP contribution in [0.5, 0.6) is 0 Å². The maximum atomic E-state index is 9.13. The Balaban J connectivity index is 2.12. The van der Waals surface area contributed by atoms with Gasteiger partial charge in [-0.1, -0.05) is 6.92 Å². The number of anilines is 1. The van der Waals surface area contributed by atoms with Gasteiger partial charge in [-0.3, -0.25) is 0 Å². The van der Waals surface area contributed by atoms with Gasteiger partial charge in [-0.25, -0.2) is 9.97 Å². The first-order valence-electron chi connectivity index (χ1n) is 7.84. The van der Waals surface area contributed by atoms with Crippen LogP contribution in [0.4, 0.5) is 5.95 Å². The average molecular weight is 307 g/mol. The van der Waals surface area contributed by atoms with Gasteiger partial charge in [0.1, 0.15) is 0 Å². The summed E-state index contributed by atoms with van der Waals surface area (Å²) < 4.78 is 12.0. The van der Waals surface area contributed by atoms with Crippen LogP contribution in [-0.2, 0) is 9.31 Å². The molecule has 1 aliphatic heterocycles. The third-order valence-electron chi connectivity index (χ3n) is 4.33. The molecular weight excluding hydrogens is 281 g/mol. The number of aromatic nitrogens is 2. The van der Waals surface area contributed by atoms with E-state index in [0.29, 0.717) is 12.5 Å². The maximum absolute atomic E-state index is 9.13. The molecule has 0 amide bonds. The van der Waals surface area contributed by atoms with Gasteiger partial charge in [0, 0.05) is 30.9 Å². The first-order chi connectivity index (χ1) is 10.3. The van der Waals surface area contributed by atoms with E-state index in [0.717, 1.165) is 18.4 Å². The van der Waals surface area contributed by atoms with Gasteiger partial charge >= 0.3 is 7.12 Å². The summed E-state index contributed by atoms with van der Waals surface area (Å²) in [6.07, 6.45) is 4.46. The molecule has 0 aliphatic carbocycles. The molecule has 0 bridgehead atoms. The van der Waals surface area contributed by atoms with Crippen LogP contribution in [0.15, 0.2) is 12.4 Å². The van der Waals surface area contributed by atoms with E-state index in [4.69, 9.17) is 14.4 Å². The first kappa shape index (κ1) is 17.2. The smallest absolute Gasteiger partial charge is 0.399 e. The summed E-state index contributed by atoms with van der Waals surface area (Å²) in [6, 6.07) is 0. The molecule has 0 atom stereocenters. The summed E-state index contributed by atoms with van der Waals surface area (Å²) in [6.45, 7) is 11.6. The van der Waals surface area contributed by atoms with Crippen LogP contribution in [-0.4, -0.2) is 53.1 Å². The molecule has 0 spiro atoms. The van der Waals surface area contributed by atoms with Crippen LogP contribution in [0.1, 0.15) is 41.0 Å². The van der Waals surface area contributed by atoms with Crippen molar-refractivity contribution in [2.24, 2.45) is 0 Å². The Hall–Kier alpha value is -1.18. The summed E-state index contributed by atoms with van der Waals surface area (Å²) in [4.78, 5) is 10.8. The number of aliphatic hydroxyl groups excluding tert-OH is 1. The third kappa shape index (κ3) is 3.42. The molecule has 0 saturated carbocycles. The third-order valence-corrected chi connectivity index (χ3v) is 4.33. The standard InChI is InChI=1S/C15H26BN3O3/c1-6-7-19(8-9-20)13-17-10-12(11-18-13)16-21-14(2,3)15(4,5)22-16/h10-11,20H,6-9H2,1-5H3. The molecule has 1 aromatic heterocycles. The number of hydrogen-bond donors (Lipinski definition) is 1. The summed E-state index contributed by atoms with van der Waals surface area (Å²) in [5.41, 5.74) is 0.0611. The van der Waals surface area contributed by atoms with E-state index < -0.39 is 7.12 Å². The summed E-state index contributed by atoms with van der Waals surface area (Å²) in [5, 5.41) is 9.13. The second kappa shape index (κ2) is 6.52. The molecule has 2 rings (SSSR count). The Morgan fingerprint density at radius 2 is 1.64 bits per heavy atom. The van der Waals surface area contributed by atoms with Gasteiger partial charge in [0.25, 0.3) is 0 Å². The lowest BCUT2D eigenvalue weighted by Crippen LogP contribution is -2.41. The lowest BCUT2D eigenvalue weighted by Gasteiger charge is -2.32. The molecule has 1 saturated heterocycles. The van der Waals surface area contributed by atoms with Gasteiger partial charge in [-0.05, 0) is 34.1 Å². The van der Waals surface area contributed by atoms with E-state index in [-0.39, 0.29) is 17.8 Å². The molecule has 0 aromatic carbocycles. The molecule has 0 radical (unpaired) electrons. The second-order valence-electron chi connectivity index (χ2n) is 6.62. The number of nitrogens with zero attached hydrogens (tertiary/aromatic N) is 3. The lowest BCUT2D eigenvalue weighted by molar-refractivity contribution is 0.00578. The predicted molar refractivity (Wildman–Crippen MR) is 87.3 cm³/mol. The van der Waals surface area contributed by atoms with Crippen LogP contribution in [0.3, 0.4) is 0 Å². The summed E-state index contributed by atoms with van der Waals surface area (Å²) in [5.74, 6) is 0.621. The van der Waals surface area contributed by atoms with Crippen LogP contribution in [0.25, 0.3) is 0 Å². The zero-order chi connectivity index (χ0) is 16.4. The van der Waals surface area contributed by atoms with Crippen molar-refractivity contribution in [3.63, 3.8) is 0 Å². The van der Waals surface area contributed by atoms with Crippen LogP contribution in [0.2, 0.25) is 0 Å². The van der Waals surface area contributed by atoms with Crippen molar-refractivity contribution in [2.45, 2.75) is 52.2 Å². The fourth-order valence-corrected chi connectivity index (χ4v) is 2.30. The molecule has 2 heterocycles. The Morgan fingerprint density at radius 3 is 2.09 bits per heavy atom. The normalized spacial score (nSPS) is 19.5. The monoisotopic (exact) mass is 307 g/mol. The number of aliphatic hydroxyl groups is 1. The molecular formula is C15H26BN3O3. The van der Waals surface area contributed by atoms with Crippen LogP contribution >= 0.6 is 0 Å². The molecule has 1 N–H and O–H groups in total. The minimum absolute atomic E-state index is 0.0857. The topological polar surface area (TPSA) is 67.7 Å². The Bertz CT molecular complexity index is 471. The van der Waals surface area contributed by atoms with Crippen molar-refractivity contribution in [3.05, 3.63) is 12.4 Å². The SMILES string of the molecule is CCCN(CCO)c1ncc(B2OC(C)(C)C(C)(C)O2)cn1. The summed E-state index contributed by atoms with van der Waals surface area (Å²) in [7, 11) is -0.448. The van der Waals surface area contributed by atoms with Crippen molar-refractivity contribution in [2.75, 3.05) is 24.6 Å². The fraction of sp³-hybridized carbons (Fsp3) is 0.733. The van der Waals surface area contributed by atoms with E-state index in [1.807, 2.05) is 32.6 Å². The number of hydrogen-bond acceptors (Lipinski definition) is 6. The Kier molecular flexibility index (Phi) is 5.09.